The van der Waals surface area contributed by atoms with Gasteiger partial charge in [-0.1, -0.05) is 42.5 Å². The van der Waals surface area contributed by atoms with Crippen LogP contribution in [0.4, 0.5) is 0 Å². The molecule has 11 heteroatoms. The van der Waals surface area contributed by atoms with Gasteiger partial charge < -0.3 is 5.32 Å². The van der Waals surface area contributed by atoms with Gasteiger partial charge in [-0.25, -0.2) is 13.6 Å². The molecule has 0 saturated heterocycles. The number of benzene rings is 2. The summed E-state index contributed by atoms with van der Waals surface area (Å²) in [6, 6.07) is 15.5. The molecular weight excluding hydrogens is 452 g/mol. The molecule has 1 aliphatic rings. The Morgan fingerprint density at radius 3 is 2.28 bits per heavy atom. The molecule has 0 saturated carbocycles. The lowest BCUT2D eigenvalue weighted by Crippen LogP contribution is -2.37. The molecule has 2 aromatic rings. The van der Waals surface area contributed by atoms with Crippen LogP contribution >= 0.6 is 0 Å². The third-order valence-corrected chi connectivity index (χ3v) is 7.19. The summed E-state index contributed by atoms with van der Waals surface area (Å²) in [5.41, 5.74) is 2.09. The first-order chi connectivity index (χ1) is 15.1. The molecule has 0 unspecified atom stereocenters. The SMILES string of the molecule is CC1=NS(=O)(=O)N(CCc2ccccc2)C=C1C(=O)NCCc1ccc(S(N)(=O)=O)cc1. The molecule has 3 N–H and O–H groups in total. The molecule has 1 heterocycles. The van der Waals surface area contributed by atoms with Gasteiger partial charge in [-0.15, -0.1) is 4.40 Å². The van der Waals surface area contributed by atoms with E-state index in [1.165, 1.54) is 25.3 Å². The second-order valence-electron chi connectivity index (χ2n) is 7.24. The van der Waals surface area contributed by atoms with Crippen LogP contribution in [-0.4, -0.2) is 45.8 Å². The van der Waals surface area contributed by atoms with Crippen molar-refractivity contribution in [3.8, 4) is 0 Å². The lowest BCUT2D eigenvalue weighted by molar-refractivity contribution is -0.117. The van der Waals surface area contributed by atoms with Gasteiger partial charge >= 0.3 is 10.2 Å². The second kappa shape index (κ2) is 9.63. The summed E-state index contributed by atoms with van der Waals surface area (Å²) < 4.78 is 52.2. The van der Waals surface area contributed by atoms with Crippen molar-refractivity contribution < 1.29 is 21.6 Å². The van der Waals surface area contributed by atoms with E-state index in [9.17, 15) is 21.6 Å². The first-order valence-corrected chi connectivity index (χ1v) is 12.7. The Morgan fingerprint density at radius 1 is 1.03 bits per heavy atom. The maximum atomic E-state index is 12.6. The largest absolute Gasteiger partial charge is 0.352 e. The van der Waals surface area contributed by atoms with Crippen LogP contribution < -0.4 is 10.5 Å². The van der Waals surface area contributed by atoms with Crippen LogP contribution in [0.5, 0.6) is 0 Å². The Labute approximate surface area is 187 Å². The lowest BCUT2D eigenvalue weighted by Gasteiger charge is -2.23. The average Bonchev–Trinajstić information content (AvgIpc) is 2.73. The highest BCUT2D eigenvalue weighted by atomic mass is 32.2. The predicted molar refractivity (Wildman–Crippen MR) is 121 cm³/mol. The molecule has 1 amide bonds. The summed E-state index contributed by atoms with van der Waals surface area (Å²) in [7, 11) is -7.64. The number of primary sulfonamides is 1. The molecule has 0 aromatic heterocycles. The third kappa shape index (κ3) is 6.02. The Bertz CT molecular complexity index is 1250. The van der Waals surface area contributed by atoms with E-state index in [2.05, 4.69) is 9.71 Å². The van der Waals surface area contributed by atoms with E-state index in [1.54, 1.807) is 12.1 Å². The van der Waals surface area contributed by atoms with Gasteiger partial charge in [-0.3, -0.25) is 9.10 Å². The molecular formula is C21H24N4O5S2. The third-order valence-electron chi connectivity index (χ3n) is 4.87. The zero-order valence-corrected chi connectivity index (χ0v) is 19.1. The fraction of sp³-hybridized carbons (Fsp3) is 0.238. The number of nitrogens with zero attached hydrogens (tertiary/aromatic N) is 2. The molecule has 170 valence electrons. The summed E-state index contributed by atoms with van der Waals surface area (Å²) in [6.45, 7) is 1.91. The number of hydrogen-bond donors (Lipinski definition) is 2. The fourth-order valence-electron chi connectivity index (χ4n) is 3.13. The molecule has 0 fully saturated rings. The van der Waals surface area contributed by atoms with Crippen molar-refractivity contribution in [2.45, 2.75) is 24.7 Å². The molecule has 1 aliphatic heterocycles. The van der Waals surface area contributed by atoms with Gasteiger partial charge in [0.05, 0.1) is 16.2 Å². The zero-order chi connectivity index (χ0) is 23.4. The standard InChI is InChI=1S/C21H24N4O5S2/c1-16-20(15-25(32(29,30)24-16)14-12-17-5-3-2-4-6-17)21(26)23-13-11-18-7-9-19(10-8-18)31(22,27)28/h2-10,15H,11-14H2,1H3,(H,23,26)(H2,22,27,28). The van der Waals surface area contributed by atoms with Crippen molar-refractivity contribution in [3.05, 3.63) is 77.5 Å². The van der Waals surface area contributed by atoms with Crippen LogP contribution in [0.3, 0.4) is 0 Å². The van der Waals surface area contributed by atoms with E-state index < -0.39 is 26.1 Å². The van der Waals surface area contributed by atoms with Crippen LogP contribution in [0.2, 0.25) is 0 Å². The average molecular weight is 477 g/mol. The minimum Gasteiger partial charge on any atom is -0.352 e. The van der Waals surface area contributed by atoms with Crippen molar-refractivity contribution >= 4 is 31.9 Å². The summed E-state index contributed by atoms with van der Waals surface area (Å²) in [5, 5.41) is 7.82. The van der Waals surface area contributed by atoms with E-state index in [0.717, 1.165) is 15.4 Å². The highest BCUT2D eigenvalue weighted by Gasteiger charge is 2.27. The first-order valence-electron chi connectivity index (χ1n) is 9.81. The summed E-state index contributed by atoms with van der Waals surface area (Å²) in [6.07, 6.45) is 2.25. The highest BCUT2D eigenvalue weighted by molar-refractivity contribution is 7.89. The van der Waals surface area contributed by atoms with Crippen LogP contribution in [0.1, 0.15) is 18.1 Å². The Kier molecular flexibility index (Phi) is 7.12. The van der Waals surface area contributed by atoms with E-state index in [-0.39, 0.29) is 29.3 Å². The van der Waals surface area contributed by atoms with Crippen molar-refractivity contribution in [2.24, 2.45) is 9.54 Å². The summed E-state index contributed by atoms with van der Waals surface area (Å²) in [5.74, 6) is -0.438. The number of nitrogens with one attached hydrogen (secondary N) is 1. The van der Waals surface area contributed by atoms with Crippen molar-refractivity contribution in [1.82, 2.24) is 9.62 Å². The molecule has 3 rings (SSSR count). The lowest BCUT2D eigenvalue weighted by atomic mass is 10.1. The normalized spacial score (nSPS) is 15.6. The van der Waals surface area contributed by atoms with Crippen molar-refractivity contribution in [2.75, 3.05) is 13.1 Å². The van der Waals surface area contributed by atoms with E-state index >= 15 is 0 Å². The number of hydrogen-bond acceptors (Lipinski definition) is 5. The maximum Gasteiger partial charge on any atom is 0.344 e. The van der Waals surface area contributed by atoms with Crippen LogP contribution in [0, 0.1) is 0 Å². The molecule has 9 nitrogen and oxygen atoms in total. The highest BCUT2D eigenvalue weighted by Crippen LogP contribution is 2.17. The van der Waals surface area contributed by atoms with Gasteiger partial charge in [-0.2, -0.15) is 8.42 Å². The predicted octanol–water partition coefficient (Wildman–Crippen LogP) is 1.14. The fourth-order valence-corrected chi connectivity index (χ4v) is 4.75. The Hall–Kier alpha value is -3.02. The molecule has 0 atom stereocenters. The number of amides is 1. The van der Waals surface area contributed by atoms with E-state index in [0.29, 0.717) is 12.8 Å². The second-order valence-corrected chi connectivity index (χ2v) is 10.3. The summed E-state index contributed by atoms with van der Waals surface area (Å²) in [4.78, 5) is 12.7. The van der Waals surface area contributed by atoms with Crippen molar-refractivity contribution in [3.63, 3.8) is 0 Å². The Balaban J connectivity index is 1.62. The number of sulfonamides is 1. The van der Waals surface area contributed by atoms with Crippen molar-refractivity contribution in [1.29, 1.82) is 0 Å². The maximum absolute atomic E-state index is 12.6. The number of nitrogens with two attached hydrogens (primary N) is 1. The molecule has 0 radical (unpaired) electrons. The van der Waals surface area contributed by atoms with Crippen LogP contribution in [-0.2, 0) is 37.9 Å². The van der Waals surface area contributed by atoms with Gasteiger partial charge in [0.15, 0.2) is 0 Å². The van der Waals surface area contributed by atoms with Gasteiger partial charge in [0.1, 0.15) is 0 Å². The minimum atomic E-state index is -3.88. The molecule has 32 heavy (non-hydrogen) atoms. The number of rotatable bonds is 8. The summed E-state index contributed by atoms with van der Waals surface area (Å²) >= 11 is 0. The smallest absolute Gasteiger partial charge is 0.344 e. The Morgan fingerprint density at radius 2 is 1.66 bits per heavy atom. The van der Waals surface area contributed by atoms with E-state index in [4.69, 9.17) is 5.14 Å². The molecule has 0 spiro atoms. The topological polar surface area (TPSA) is 139 Å². The number of carbonyl (C=O) groups is 1. The molecule has 0 bridgehead atoms. The van der Waals surface area contributed by atoms with Crippen LogP contribution in [0.15, 0.2) is 75.7 Å². The van der Waals surface area contributed by atoms with Gasteiger partial charge in [0.2, 0.25) is 10.0 Å². The molecule has 2 aromatic carbocycles. The van der Waals surface area contributed by atoms with Gasteiger partial charge in [0, 0.05) is 19.3 Å². The first kappa shape index (κ1) is 23.6. The van der Waals surface area contributed by atoms with Crippen LogP contribution in [0.25, 0.3) is 0 Å². The monoisotopic (exact) mass is 476 g/mol. The quantitative estimate of drug-likeness (QED) is 0.588. The van der Waals surface area contributed by atoms with Gasteiger partial charge in [0.25, 0.3) is 5.91 Å². The molecule has 0 aliphatic carbocycles. The minimum absolute atomic E-state index is 0.0151. The van der Waals surface area contributed by atoms with Gasteiger partial charge in [-0.05, 0) is 43.0 Å². The zero-order valence-electron chi connectivity index (χ0n) is 17.4. The number of carbonyl (C=O) groups excluding carboxylic acids is 1. The van der Waals surface area contributed by atoms with E-state index in [1.807, 2.05) is 30.3 Å².